The van der Waals surface area contributed by atoms with Crippen molar-refractivity contribution in [1.29, 1.82) is 0 Å². The fraction of sp³-hybridized carbons (Fsp3) is 0.462. The van der Waals surface area contributed by atoms with E-state index in [0.29, 0.717) is 6.54 Å². The van der Waals surface area contributed by atoms with Crippen LogP contribution in [0.1, 0.15) is 23.2 Å². The van der Waals surface area contributed by atoms with E-state index in [0.717, 1.165) is 19.4 Å². The lowest BCUT2D eigenvalue weighted by molar-refractivity contribution is -0.384. The van der Waals surface area contributed by atoms with Gasteiger partial charge >= 0.3 is 0 Å². The Labute approximate surface area is 116 Å². The number of nitrogens with one attached hydrogen (secondary N) is 2. The van der Waals surface area contributed by atoms with Gasteiger partial charge in [-0.25, -0.2) is 0 Å². The maximum atomic E-state index is 12.1. The SMILES string of the molecule is CNc1c(C(=O)NCC2CCCO2)cccc1[N+](=O)[O-]. The highest BCUT2D eigenvalue weighted by molar-refractivity contribution is 6.01. The molecule has 20 heavy (non-hydrogen) atoms. The standard InChI is InChI=1S/C13H17N3O4/c1-14-12-10(5-2-6-11(12)16(18)19)13(17)15-8-9-4-3-7-20-9/h2,5-6,9,14H,3-4,7-8H2,1H3,(H,15,17). The molecule has 0 aromatic heterocycles. The number of carbonyl (C=O) groups excluding carboxylic acids is 1. The molecule has 108 valence electrons. The Morgan fingerprint density at radius 1 is 1.55 bits per heavy atom. The van der Waals surface area contributed by atoms with Crippen molar-refractivity contribution in [3.05, 3.63) is 33.9 Å². The minimum atomic E-state index is -0.511. The Morgan fingerprint density at radius 2 is 2.35 bits per heavy atom. The molecule has 0 radical (unpaired) electrons. The van der Waals surface area contributed by atoms with Gasteiger partial charge in [-0.05, 0) is 18.9 Å². The number of nitro benzene ring substituents is 1. The molecule has 1 saturated heterocycles. The van der Waals surface area contributed by atoms with Gasteiger partial charge in [-0.2, -0.15) is 0 Å². The first-order chi connectivity index (χ1) is 9.63. The summed E-state index contributed by atoms with van der Waals surface area (Å²) in [5.74, 6) is -0.339. The van der Waals surface area contributed by atoms with Crippen molar-refractivity contribution in [2.45, 2.75) is 18.9 Å². The zero-order valence-corrected chi connectivity index (χ0v) is 11.2. The smallest absolute Gasteiger partial charge is 0.293 e. The number of rotatable bonds is 5. The van der Waals surface area contributed by atoms with Gasteiger partial charge in [-0.3, -0.25) is 14.9 Å². The van der Waals surface area contributed by atoms with Gasteiger partial charge in [0.1, 0.15) is 5.69 Å². The lowest BCUT2D eigenvalue weighted by Gasteiger charge is -2.13. The van der Waals surface area contributed by atoms with E-state index in [-0.39, 0.29) is 28.9 Å². The van der Waals surface area contributed by atoms with E-state index in [1.807, 2.05) is 0 Å². The first-order valence-corrected chi connectivity index (χ1v) is 6.48. The second kappa shape index (κ2) is 6.33. The molecule has 1 aromatic rings. The monoisotopic (exact) mass is 279 g/mol. The number of hydrogen-bond acceptors (Lipinski definition) is 5. The molecule has 1 aliphatic rings. The summed E-state index contributed by atoms with van der Waals surface area (Å²) in [6.07, 6.45) is 1.96. The molecule has 1 aliphatic heterocycles. The number of benzene rings is 1. The number of ether oxygens (including phenoxy) is 1. The van der Waals surface area contributed by atoms with Crippen LogP contribution in [0.2, 0.25) is 0 Å². The second-order valence-corrected chi connectivity index (χ2v) is 4.55. The lowest BCUT2D eigenvalue weighted by atomic mass is 10.1. The molecular weight excluding hydrogens is 262 g/mol. The molecule has 1 aromatic carbocycles. The summed E-state index contributed by atoms with van der Waals surface area (Å²) < 4.78 is 5.42. The van der Waals surface area contributed by atoms with Crippen LogP contribution in [0, 0.1) is 10.1 Å². The lowest BCUT2D eigenvalue weighted by Crippen LogP contribution is -2.32. The van der Waals surface area contributed by atoms with Crippen molar-refractivity contribution in [3.8, 4) is 0 Å². The van der Waals surface area contributed by atoms with E-state index < -0.39 is 4.92 Å². The molecule has 0 spiro atoms. The molecule has 1 heterocycles. The predicted molar refractivity (Wildman–Crippen MR) is 74.0 cm³/mol. The van der Waals surface area contributed by atoms with Crippen molar-refractivity contribution in [3.63, 3.8) is 0 Å². The molecule has 1 atom stereocenters. The largest absolute Gasteiger partial charge is 0.382 e. The summed E-state index contributed by atoms with van der Waals surface area (Å²) in [5, 5.41) is 16.4. The van der Waals surface area contributed by atoms with Crippen LogP contribution in [-0.2, 0) is 4.74 Å². The topological polar surface area (TPSA) is 93.5 Å². The number of para-hydroxylation sites is 1. The number of carbonyl (C=O) groups is 1. The van der Waals surface area contributed by atoms with Crippen molar-refractivity contribution < 1.29 is 14.5 Å². The summed E-state index contributed by atoms with van der Waals surface area (Å²) >= 11 is 0. The molecule has 2 N–H and O–H groups in total. The first kappa shape index (κ1) is 14.3. The van der Waals surface area contributed by atoms with Gasteiger partial charge in [-0.1, -0.05) is 6.07 Å². The van der Waals surface area contributed by atoms with Gasteiger partial charge in [-0.15, -0.1) is 0 Å². The summed E-state index contributed by atoms with van der Waals surface area (Å²) in [7, 11) is 1.55. The molecule has 2 rings (SSSR count). The zero-order valence-electron chi connectivity index (χ0n) is 11.2. The average Bonchev–Trinajstić information content (AvgIpc) is 2.97. The maximum absolute atomic E-state index is 12.1. The van der Waals surface area contributed by atoms with Crippen LogP contribution in [0.4, 0.5) is 11.4 Å². The summed E-state index contributed by atoms with van der Waals surface area (Å²) in [6.45, 7) is 1.14. The zero-order chi connectivity index (χ0) is 14.5. The number of nitro groups is 1. The third-order valence-corrected chi connectivity index (χ3v) is 3.25. The van der Waals surface area contributed by atoms with Crippen LogP contribution in [0.15, 0.2) is 18.2 Å². The number of amides is 1. The molecule has 0 aliphatic carbocycles. The Hall–Kier alpha value is -2.15. The molecule has 7 heteroatoms. The molecule has 7 nitrogen and oxygen atoms in total. The third kappa shape index (κ3) is 3.05. The highest BCUT2D eigenvalue weighted by atomic mass is 16.6. The minimum Gasteiger partial charge on any atom is -0.382 e. The Morgan fingerprint density at radius 3 is 2.95 bits per heavy atom. The molecule has 1 unspecified atom stereocenters. The van der Waals surface area contributed by atoms with Crippen LogP contribution in [0.3, 0.4) is 0 Å². The molecule has 0 saturated carbocycles. The molecular formula is C13H17N3O4. The van der Waals surface area contributed by atoms with E-state index >= 15 is 0 Å². The predicted octanol–water partition coefficient (Wildman–Crippen LogP) is 1.55. The van der Waals surface area contributed by atoms with Crippen LogP contribution < -0.4 is 10.6 Å². The van der Waals surface area contributed by atoms with Gasteiger partial charge < -0.3 is 15.4 Å². The normalized spacial score (nSPS) is 17.8. The maximum Gasteiger partial charge on any atom is 0.293 e. The van der Waals surface area contributed by atoms with E-state index in [1.165, 1.54) is 12.1 Å². The van der Waals surface area contributed by atoms with Crippen LogP contribution in [0.5, 0.6) is 0 Å². The molecule has 1 fully saturated rings. The Kier molecular flexibility index (Phi) is 4.52. The third-order valence-electron chi connectivity index (χ3n) is 3.25. The number of nitrogens with zero attached hydrogens (tertiary/aromatic N) is 1. The van der Waals surface area contributed by atoms with Crippen molar-refractivity contribution >= 4 is 17.3 Å². The number of hydrogen-bond donors (Lipinski definition) is 2. The molecule has 0 bridgehead atoms. The average molecular weight is 279 g/mol. The Balaban J connectivity index is 2.12. The quantitative estimate of drug-likeness (QED) is 0.630. The minimum absolute atomic E-state index is 0.0377. The van der Waals surface area contributed by atoms with E-state index in [4.69, 9.17) is 4.74 Å². The van der Waals surface area contributed by atoms with Crippen LogP contribution in [-0.4, -0.2) is 37.1 Å². The Bertz CT molecular complexity index is 512. The van der Waals surface area contributed by atoms with E-state index in [1.54, 1.807) is 13.1 Å². The second-order valence-electron chi connectivity index (χ2n) is 4.55. The van der Waals surface area contributed by atoms with Gasteiger partial charge in [0.05, 0.1) is 16.6 Å². The van der Waals surface area contributed by atoms with Crippen LogP contribution in [0.25, 0.3) is 0 Å². The fourth-order valence-electron chi connectivity index (χ4n) is 2.25. The highest BCUT2D eigenvalue weighted by Gasteiger charge is 2.22. The van der Waals surface area contributed by atoms with Gasteiger partial charge in [0.2, 0.25) is 0 Å². The molecule has 1 amide bonds. The fourth-order valence-corrected chi connectivity index (χ4v) is 2.25. The van der Waals surface area contributed by atoms with Gasteiger partial charge in [0.15, 0.2) is 0 Å². The van der Waals surface area contributed by atoms with E-state index in [9.17, 15) is 14.9 Å². The summed E-state index contributed by atoms with van der Waals surface area (Å²) in [5.41, 5.74) is 0.374. The van der Waals surface area contributed by atoms with Crippen molar-refractivity contribution in [1.82, 2.24) is 5.32 Å². The van der Waals surface area contributed by atoms with E-state index in [2.05, 4.69) is 10.6 Å². The van der Waals surface area contributed by atoms with Crippen molar-refractivity contribution in [2.75, 3.05) is 25.5 Å². The highest BCUT2D eigenvalue weighted by Crippen LogP contribution is 2.27. The van der Waals surface area contributed by atoms with Gasteiger partial charge in [0, 0.05) is 26.3 Å². The summed E-state index contributed by atoms with van der Waals surface area (Å²) in [6, 6.07) is 4.42. The summed E-state index contributed by atoms with van der Waals surface area (Å²) in [4.78, 5) is 22.6. The van der Waals surface area contributed by atoms with Gasteiger partial charge in [0.25, 0.3) is 11.6 Å². The number of anilines is 1. The van der Waals surface area contributed by atoms with Crippen LogP contribution >= 0.6 is 0 Å². The van der Waals surface area contributed by atoms with Crippen molar-refractivity contribution in [2.24, 2.45) is 0 Å². The first-order valence-electron chi connectivity index (χ1n) is 6.48.